The van der Waals surface area contributed by atoms with Crippen LogP contribution in [0.2, 0.25) is 0 Å². The molecule has 1 aliphatic rings. The lowest BCUT2D eigenvalue weighted by atomic mass is 9.93. The van der Waals surface area contributed by atoms with Gasteiger partial charge in [-0.15, -0.1) is 0 Å². The first-order valence-electron chi connectivity index (χ1n) is 12.6. The zero-order valence-corrected chi connectivity index (χ0v) is 20.3. The number of anilines is 1. The van der Waals surface area contributed by atoms with E-state index >= 15 is 0 Å². The third kappa shape index (κ3) is 3.81. The molecule has 0 bridgehead atoms. The topological polar surface area (TPSA) is 51.4 Å². The Morgan fingerprint density at radius 2 is 1.71 bits per heavy atom. The summed E-state index contributed by atoms with van der Waals surface area (Å²) in [6, 6.07) is 18.8. The standard InChI is InChI=1S/C30H29N3O2/c1-3-5-15-33(16-6-4-2)21-12-13-22-24-18-27-29(32-30(35-27)20-9-8-14-31-19-20)23-10-7-11-25(28(23)24)34-26(22)17-21/h7-14,17-19H,3-6,15-16H2,1-2H3. The Morgan fingerprint density at radius 3 is 2.49 bits per heavy atom. The minimum atomic E-state index is 0.579. The number of hydrogen-bond donors (Lipinski definition) is 0. The van der Waals surface area contributed by atoms with Crippen LogP contribution in [0.25, 0.3) is 44.5 Å². The SMILES string of the molecule is CCCCN(CCCC)c1ccc2c(c1)Oc1cccc3c1c-2cc1oc(-c2cccnc2)nc13. The number of nitrogens with zero attached hydrogens (tertiary/aromatic N) is 3. The number of pyridine rings is 1. The molecule has 3 aromatic carbocycles. The van der Waals surface area contributed by atoms with Crippen LogP contribution in [0.4, 0.5) is 5.69 Å². The van der Waals surface area contributed by atoms with Crippen molar-refractivity contribution >= 4 is 27.6 Å². The van der Waals surface area contributed by atoms with Crippen LogP contribution in [0.1, 0.15) is 39.5 Å². The lowest BCUT2D eigenvalue weighted by Gasteiger charge is -2.27. The van der Waals surface area contributed by atoms with Crippen molar-refractivity contribution in [3.05, 3.63) is 67.0 Å². The van der Waals surface area contributed by atoms with E-state index in [1.807, 2.05) is 24.3 Å². The van der Waals surface area contributed by atoms with Crippen molar-refractivity contribution in [2.24, 2.45) is 0 Å². The fourth-order valence-corrected chi connectivity index (χ4v) is 4.94. The maximum absolute atomic E-state index is 6.49. The Balaban J connectivity index is 1.48. The van der Waals surface area contributed by atoms with Crippen LogP contribution in [-0.4, -0.2) is 23.1 Å². The molecule has 0 spiro atoms. The summed E-state index contributed by atoms with van der Waals surface area (Å²) in [5.74, 6) is 2.34. The molecule has 1 aliphatic heterocycles. The minimum absolute atomic E-state index is 0.579. The van der Waals surface area contributed by atoms with Gasteiger partial charge in [0.2, 0.25) is 5.89 Å². The van der Waals surface area contributed by atoms with Crippen LogP contribution in [-0.2, 0) is 0 Å². The second-order valence-corrected chi connectivity index (χ2v) is 9.19. The van der Waals surface area contributed by atoms with Gasteiger partial charge in [-0.3, -0.25) is 4.98 Å². The molecule has 0 saturated heterocycles. The second kappa shape index (κ2) is 9.06. The first-order valence-corrected chi connectivity index (χ1v) is 12.6. The number of oxazole rings is 1. The fourth-order valence-electron chi connectivity index (χ4n) is 4.94. The Bertz CT molecular complexity index is 1500. The smallest absolute Gasteiger partial charge is 0.228 e. The summed E-state index contributed by atoms with van der Waals surface area (Å²) in [6.07, 6.45) is 8.28. The lowest BCUT2D eigenvalue weighted by Crippen LogP contribution is -2.25. The predicted octanol–water partition coefficient (Wildman–Crippen LogP) is 8.22. The van der Waals surface area contributed by atoms with Crippen molar-refractivity contribution in [3.63, 3.8) is 0 Å². The number of fused-ring (bicyclic) bond motifs is 4. The fraction of sp³-hybridized carbons (Fsp3) is 0.267. The third-order valence-electron chi connectivity index (χ3n) is 6.79. The first kappa shape index (κ1) is 21.7. The predicted molar refractivity (Wildman–Crippen MR) is 142 cm³/mol. The quantitative estimate of drug-likeness (QED) is 0.228. The molecule has 2 aromatic heterocycles. The normalized spacial score (nSPS) is 12.1. The van der Waals surface area contributed by atoms with Gasteiger partial charge in [0, 0.05) is 59.1 Å². The van der Waals surface area contributed by atoms with E-state index in [0.717, 1.165) is 63.2 Å². The molecular weight excluding hydrogens is 434 g/mol. The molecule has 5 aromatic rings. The molecular formula is C30H29N3O2. The van der Waals surface area contributed by atoms with E-state index in [9.17, 15) is 0 Å². The van der Waals surface area contributed by atoms with Gasteiger partial charge < -0.3 is 14.1 Å². The van der Waals surface area contributed by atoms with Gasteiger partial charge in [-0.1, -0.05) is 38.8 Å². The van der Waals surface area contributed by atoms with Crippen molar-refractivity contribution in [1.29, 1.82) is 0 Å². The summed E-state index contributed by atoms with van der Waals surface area (Å²) in [7, 11) is 0. The van der Waals surface area contributed by atoms with Crippen LogP contribution in [0.5, 0.6) is 11.5 Å². The van der Waals surface area contributed by atoms with Crippen LogP contribution in [0.3, 0.4) is 0 Å². The first-order chi connectivity index (χ1) is 17.3. The maximum atomic E-state index is 6.49. The van der Waals surface area contributed by atoms with Crippen LogP contribution in [0.15, 0.2) is 71.4 Å². The van der Waals surface area contributed by atoms with Gasteiger partial charge in [0.25, 0.3) is 0 Å². The molecule has 5 nitrogen and oxygen atoms in total. The number of rotatable bonds is 8. The molecule has 0 amide bonds. The summed E-state index contributed by atoms with van der Waals surface area (Å²) in [4.78, 5) is 11.5. The maximum Gasteiger partial charge on any atom is 0.228 e. The van der Waals surface area contributed by atoms with Crippen molar-refractivity contribution in [1.82, 2.24) is 9.97 Å². The average molecular weight is 464 g/mol. The van der Waals surface area contributed by atoms with Crippen molar-refractivity contribution < 1.29 is 9.15 Å². The number of benzene rings is 3. The number of hydrogen-bond acceptors (Lipinski definition) is 5. The summed E-state index contributed by atoms with van der Waals surface area (Å²) < 4.78 is 12.7. The summed E-state index contributed by atoms with van der Waals surface area (Å²) >= 11 is 0. The van der Waals surface area contributed by atoms with Crippen LogP contribution in [0, 0.1) is 0 Å². The zero-order chi connectivity index (χ0) is 23.8. The lowest BCUT2D eigenvalue weighted by molar-refractivity contribution is 0.487. The van der Waals surface area contributed by atoms with Crippen molar-refractivity contribution in [2.75, 3.05) is 18.0 Å². The van der Waals surface area contributed by atoms with Gasteiger partial charge in [-0.05, 0) is 49.2 Å². The van der Waals surface area contributed by atoms with E-state index in [4.69, 9.17) is 14.1 Å². The molecule has 176 valence electrons. The monoisotopic (exact) mass is 463 g/mol. The van der Waals surface area contributed by atoms with Gasteiger partial charge in [0.1, 0.15) is 17.0 Å². The van der Waals surface area contributed by atoms with E-state index in [2.05, 4.69) is 54.1 Å². The molecule has 6 rings (SSSR count). The highest BCUT2D eigenvalue weighted by Gasteiger charge is 2.24. The zero-order valence-electron chi connectivity index (χ0n) is 20.3. The van der Waals surface area contributed by atoms with Crippen molar-refractivity contribution in [2.45, 2.75) is 39.5 Å². The summed E-state index contributed by atoms with van der Waals surface area (Å²) in [5.41, 5.74) is 5.92. The summed E-state index contributed by atoms with van der Waals surface area (Å²) in [5, 5.41) is 2.12. The van der Waals surface area contributed by atoms with Gasteiger partial charge in [0.05, 0.1) is 5.56 Å². The molecule has 0 unspecified atom stereocenters. The van der Waals surface area contributed by atoms with Gasteiger partial charge >= 0.3 is 0 Å². The molecule has 35 heavy (non-hydrogen) atoms. The van der Waals surface area contributed by atoms with Crippen molar-refractivity contribution in [3.8, 4) is 34.1 Å². The highest BCUT2D eigenvalue weighted by atomic mass is 16.5. The molecule has 0 radical (unpaired) electrons. The van der Waals surface area contributed by atoms with E-state index in [0.29, 0.717) is 5.89 Å². The Labute approximate surface area is 205 Å². The Morgan fingerprint density at radius 1 is 0.857 bits per heavy atom. The van der Waals surface area contributed by atoms with Crippen LogP contribution < -0.4 is 9.64 Å². The largest absolute Gasteiger partial charge is 0.456 e. The molecule has 0 fully saturated rings. The molecule has 3 heterocycles. The summed E-state index contributed by atoms with van der Waals surface area (Å²) in [6.45, 7) is 6.62. The highest BCUT2D eigenvalue weighted by Crippen LogP contribution is 2.49. The third-order valence-corrected chi connectivity index (χ3v) is 6.79. The van der Waals surface area contributed by atoms with Crippen LogP contribution >= 0.6 is 0 Å². The van der Waals surface area contributed by atoms with Gasteiger partial charge in [-0.25, -0.2) is 4.98 Å². The number of aromatic nitrogens is 2. The van der Waals surface area contributed by atoms with Gasteiger partial charge in [-0.2, -0.15) is 0 Å². The molecule has 5 heteroatoms. The van der Waals surface area contributed by atoms with E-state index in [-0.39, 0.29) is 0 Å². The molecule has 0 N–H and O–H groups in total. The molecule has 0 aliphatic carbocycles. The number of unbranched alkanes of at least 4 members (excludes halogenated alkanes) is 2. The minimum Gasteiger partial charge on any atom is -0.456 e. The van der Waals surface area contributed by atoms with E-state index in [1.165, 1.54) is 31.4 Å². The van der Waals surface area contributed by atoms with E-state index in [1.54, 1.807) is 12.4 Å². The molecule has 0 saturated carbocycles. The second-order valence-electron chi connectivity index (χ2n) is 9.19. The van der Waals surface area contributed by atoms with Gasteiger partial charge in [0.15, 0.2) is 5.58 Å². The van der Waals surface area contributed by atoms with E-state index < -0.39 is 0 Å². The number of ether oxygens (including phenoxy) is 1. The average Bonchev–Trinajstić information content (AvgIpc) is 3.34. The highest BCUT2D eigenvalue weighted by molar-refractivity contribution is 6.15. The Hall–Kier alpha value is -3.86. The Kier molecular flexibility index (Phi) is 5.61. The molecule has 0 atom stereocenters.